The number of ether oxygens (including phenoxy) is 2. The van der Waals surface area contributed by atoms with Gasteiger partial charge in [-0.3, -0.25) is 0 Å². The second-order valence-electron chi connectivity index (χ2n) is 5.24. The van der Waals surface area contributed by atoms with Gasteiger partial charge in [-0.15, -0.1) is 0 Å². The van der Waals surface area contributed by atoms with Crippen LogP contribution in [0.2, 0.25) is 0 Å². The first-order chi connectivity index (χ1) is 10.1. The van der Waals surface area contributed by atoms with E-state index in [1.807, 2.05) is 18.2 Å². The molecule has 21 heavy (non-hydrogen) atoms. The fourth-order valence-electron chi connectivity index (χ4n) is 2.41. The van der Waals surface area contributed by atoms with Gasteiger partial charge in [0, 0.05) is 12.1 Å². The minimum Gasteiger partial charge on any atom is -0.497 e. The highest BCUT2D eigenvalue weighted by Gasteiger charge is 2.17. The highest BCUT2D eigenvalue weighted by Crippen LogP contribution is 2.28. The fraction of sp³-hybridized carbons (Fsp3) is 0.533. The standard InChI is InChI=1S/C15H23N3O2S/c1-18-8-6-11(7-9-18)16-15(21)17-13-10-12(19-2)4-5-14(13)20-3/h4-5,10-11H,6-9H2,1-3H3,(H2,16,17,21). The zero-order valence-corrected chi connectivity index (χ0v) is 13.6. The average Bonchev–Trinajstić information content (AvgIpc) is 2.49. The third kappa shape index (κ3) is 4.47. The number of hydrogen-bond donors (Lipinski definition) is 2. The Labute approximate surface area is 131 Å². The molecule has 0 amide bonds. The summed E-state index contributed by atoms with van der Waals surface area (Å²) in [4.78, 5) is 2.33. The van der Waals surface area contributed by atoms with Crippen molar-refractivity contribution in [2.75, 3.05) is 39.7 Å². The average molecular weight is 309 g/mol. The number of benzene rings is 1. The zero-order valence-electron chi connectivity index (χ0n) is 12.8. The molecule has 0 aliphatic carbocycles. The van der Waals surface area contributed by atoms with E-state index in [1.165, 1.54) is 0 Å². The van der Waals surface area contributed by atoms with Crippen molar-refractivity contribution in [3.05, 3.63) is 18.2 Å². The molecular formula is C15H23N3O2S. The monoisotopic (exact) mass is 309 g/mol. The summed E-state index contributed by atoms with van der Waals surface area (Å²) in [5.41, 5.74) is 0.808. The predicted molar refractivity (Wildman–Crippen MR) is 89.4 cm³/mol. The van der Waals surface area contributed by atoms with E-state index in [1.54, 1.807) is 14.2 Å². The van der Waals surface area contributed by atoms with Crippen molar-refractivity contribution < 1.29 is 9.47 Å². The van der Waals surface area contributed by atoms with Crippen molar-refractivity contribution in [2.45, 2.75) is 18.9 Å². The maximum Gasteiger partial charge on any atom is 0.171 e. The largest absolute Gasteiger partial charge is 0.497 e. The van der Waals surface area contributed by atoms with Crippen LogP contribution < -0.4 is 20.1 Å². The molecule has 6 heteroatoms. The number of rotatable bonds is 4. The molecule has 1 aromatic carbocycles. The Morgan fingerprint density at radius 3 is 2.57 bits per heavy atom. The highest BCUT2D eigenvalue weighted by molar-refractivity contribution is 7.80. The van der Waals surface area contributed by atoms with Crippen molar-refractivity contribution in [3.8, 4) is 11.5 Å². The summed E-state index contributed by atoms with van der Waals surface area (Å²) in [5.74, 6) is 1.50. The first kappa shape index (κ1) is 15.9. The fourth-order valence-corrected chi connectivity index (χ4v) is 2.69. The quantitative estimate of drug-likeness (QED) is 0.831. The Bertz CT molecular complexity index is 488. The molecule has 0 unspecified atom stereocenters. The van der Waals surface area contributed by atoms with E-state index >= 15 is 0 Å². The third-order valence-corrected chi connectivity index (χ3v) is 3.93. The van der Waals surface area contributed by atoms with E-state index in [4.69, 9.17) is 21.7 Å². The van der Waals surface area contributed by atoms with Crippen LogP contribution in [0.3, 0.4) is 0 Å². The van der Waals surface area contributed by atoms with Crippen molar-refractivity contribution in [1.29, 1.82) is 0 Å². The normalized spacial score (nSPS) is 16.3. The van der Waals surface area contributed by atoms with Gasteiger partial charge >= 0.3 is 0 Å². The van der Waals surface area contributed by atoms with E-state index in [0.717, 1.165) is 43.1 Å². The van der Waals surface area contributed by atoms with E-state index in [-0.39, 0.29) is 0 Å². The molecule has 5 nitrogen and oxygen atoms in total. The van der Waals surface area contributed by atoms with E-state index in [0.29, 0.717) is 11.2 Å². The number of piperidine rings is 1. The van der Waals surface area contributed by atoms with Crippen molar-refractivity contribution in [2.24, 2.45) is 0 Å². The second kappa shape index (κ2) is 7.47. The molecule has 2 N–H and O–H groups in total. The van der Waals surface area contributed by atoms with Gasteiger partial charge in [-0.1, -0.05) is 0 Å². The smallest absolute Gasteiger partial charge is 0.171 e. The van der Waals surface area contributed by atoms with E-state index in [2.05, 4.69) is 22.6 Å². The first-order valence-corrected chi connectivity index (χ1v) is 7.51. The number of nitrogens with one attached hydrogen (secondary N) is 2. The Kier molecular flexibility index (Phi) is 5.64. The van der Waals surface area contributed by atoms with Crippen LogP contribution in [0.5, 0.6) is 11.5 Å². The maximum absolute atomic E-state index is 5.40. The van der Waals surface area contributed by atoms with Gasteiger partial charge in [-0.25, -0.2) is 0 Å². The third-order valence-electron chi connectivity index (χ3n) is 3.71. The minimum absolute atomic E-state index is 0.429. The number of thiocarbonyl (C=S) groups is 1. The highest BCUT2D eigenvalue weighted by atomic mass is 32.1. The van der Waals surface area contributed by atoms with Crippen LogP contribution in [0.1, 0.15) is 12.8 Å². The van der Waals surface area contributed by atoms with Crippen LogP contribution in [-0.2, 0) is 0 Å². The summed E-state index contributed by atoms with van der Waals surface area (Å²) in [6.45, 7) is 2.20. The van der Waals surface area contributed by atoms with Gasteiger partial charge < -0.3 is 25.0 Å². The lowest BCUT2D eigenvalue weighted by atomic mass is 10.1. The SMILES string of the molecule is COc1ccc(OC)c(NC(=S)NC2CCN(C)CC2)c1. The maximum atomic E-state index is 5.40. The summed E-state index contributed by atoms with van der Waals surface area (Å²) in [6, 6.07) is 6.02. The molecule has 0 bridgehead atoms. The minimum atomic E-state index is 0.429. The lowest BCUT2D eigenvalue weighted by Crippen LogP contribution is -2.44. The molecule has 2 rings (SSSR count). The van der Waals surface area contributed by atoms with Gasteiger partial charge in [0.1, 0.15) is 11.5 Å². The molecule has 1 heterocycles. The lowest BCUT2D eigenvalue weighted by molar-refractivity contribution is 0.247. The Morgan fingerprint density at radius 2 is 1.95 bits per heavy atom. The number of hydrogen-bond acceptors (Lipinski definition) is 4. The summed E-state index contributed by atoms with van der Waals surface area (Å²) in [6.07, 6.45) is 2.21. The molecular weight excluding hydrogens is 286 g/mol. The summed E-state index contributed by atoms with van der Waals surface area (Å²) < 4.78 is 10.6. The number of anilines is 1. The molecule has 0 aromatic heterocycles. The van der Waals surface area contributed by atoms with Crippen molar-refractivity contribution in [1.82, 2.24) is 10.2 Å². The summed E-state index contributed by atoms with van der Waals surface area (Å²) in [5, 5.41) is 7.19. The topological polar surface area (TPSA) is 45.8 Å². The molecule has 1 aliphatic rings. The van der Waals surface area contributed by atoms with Crippen LogP contribution in [0.25, 0.3) is 0 Å². The number of nitrogens with zero attached hydrogens (tertiary/aromatic N) is 1. The molecule has 0 radical (unpaired) electrons. The Hall–Kier alpha value is -1.53. The molecule has 1 aliphatic heterocycles. The molecule has 0 saturated carbocycles. The van der Waals surface area contributed by atoms with Crippen molar-refractivity contribution >= 4 is 23.0 Å². The molecule has 1 aromatic rings. The van der Waals surface area contributed by atoms with Gasteiger partial charge in [-0.2, -0.15) is 0 Å². The number of methoxy groups -OCH3 is 2. The van der Waals surface area contributed by atoms with Crippen LogP contribution >= 0.6 is 12.2 Å². The van der Waals surface area contributed by atoms with Crippen LogP contribution in [0.4, 0.5) is 5.69 Å². The molecule has 116 valence electrons. The van der Waals surface area contributed by atoms with E-state index < -0.39 is 0 Å². The summed E-state index contributed by atoms with van der Waals surface area (Å²) in [7, 11) is 5.43. The van der Waals surface area contributed by atoms with Crippen LogP contribution in [0.15, 0.2) is 18.2 Å². The van der Waals surface area contributed by atoms with Crippen LogP contribution in [0, 0.1) is 0 Å². The predicted octanol–water partition coefficient (Wildman–Crippen LogP) is 2.08. The Morgan fingerprint density at radius 1 is 1.24 bits per heavy atom. The molecule has 0 spiro atoms. The molecule has 0 atom stereocenters. The Balaban J connectivity index is 1.95. The molecule has 1 saturated heterocycles. The van der Waals surface area contributed by atoms with Gasteiger partial charge in [0.25, 0.3) is 0 Å². The zero-order chi connectivity index (χ0) is 15.2. The van der Waals surface area contributed by atoms with Gasteiger partial charge in [0.05, 0.1) is 19.9 Å². The summed E-state index contributed by atoms with van der Waals surface area (Å²) >= 11 is 5.40. The first-order valence-electron chi connectivity index (χ1n) is 7.10. The van der Waals surface area contributed by atoms with E-state index in [9.17, 15) is 0 Å². The number of likely N-dealkylation sites (tertiary alicyclic amines) is 1. The van der Waals surface area contributed by atoms with Gasteiger partial charge in [0.15, 0.2) is 5.11 Å². The second-order valence-corrected chi connectivity index (χ2v) is 5.65. The van der Waals surface area contributed by atoms with Gasteiger partial charge in [0.2, 0.25) is 0 Å². The lowest BCUT2D eigenvalue weighted by Gasteiger charge is -2.30. The van der Waals surface area contributed by atoms with Gasteiger partial charge in [-0.05, 0) is 57.3 Å². The van der Waals surface area contributed by atoms with Crippen LogP contribution in [-0.4, -0.2) is 50.4 Å². The van der Waals surface area contributed by atoms with Crippen molar-refractivity contribution in [3.63, 3.8) is 0 Å². The molecule has 1 fully saturated rings.